The molecular formula is C24H19BrClN5O2. The van der Waals surface area contributed by atoms with Crippen molar-refractivity contribution in [1.82, 2.24) is 19.7 Å². The summed E-state index contributed by atoms with van der Waals surface area (Å²) in [5.74, 6) is 0. The highest BCUT2D eigenvalue weighted by Crippen LogP contribution is 2.41. The summed E-state index contributed by atoms with van der Waals surface area (Å²) in [6.45, 7) is 0.711. The molecule has 1 aliphatic rings. The lowest BCUT2D eigenvalue weighted by Gasteiger charge is -2.22. The van der Waals surface area contributed by atoms with E-state index in [4.69, 9.17) is 27.2 Å². The first-order chi connectivity index (χ1) is 16.0. The van der Waals surface area contributed by atoms with Crippen LogP contribution in [-0.2, 0) is 4.74 Å². The number of nitrogens with one attached hydrogen (secondary N) is 1. The minimum atomic E-state index is -0.351. The third-order valence-electron chi connectivity index (χ3n) is 6.23. The van der Waals surface area contributed by atoms with E-state index in [0.29, 0.717) is 28.2 Å². The number of nitrogens with zero attached hydrogens (tertiary/aromatic N) is 3. The molecule has 1 saturated heterocycles. The fourth-order valence-corrected chi connectivity index (χ4v) is 5.41. The fraction of sp³-hybridized carbons (Fsp3) is 0.208. The van der Waals surface area contributed by atoms with Gasteiger partial charge in [0.2, 0.25) is 0 Å². The summed E-state index contributed by atoms with van der Waals surface area (Å²) in [6.07, 6.45) is 6.56. The molecule has 1 aliphatic heterocycles. The van der Waals surface area contributed by atoms with Crippen LogP contribution in [0, 0.1) is 0 Å². The highest BCUT2D eigenvalue weighted by atomic mass is 79.9. The van der Waals surface area contributed by atoms with Crippen molar-refractivity contribution < 1.29 is 4.74 Å². The van der Waals surface area contributed by atoms with Gasteiger partial charge in [0.1, 0.15) is 17.4 Å². The van der Waals surface area contributed by atoms with Crippen molar-refractivity contribution in [3.05, 3.63) is 62.6 Å². The summed E-state index contributed by atoms with van der Waals surface area (Å²) in [5, 5.41) is 7.73. The summed E-state index contributed by atoms with van der Waals surface area (Å²) in [5.41, 5.74) is 9.72. The first kappa shape index (κ1) is 20.7. The van der Waals surface area contributed by atoms with E-state index in [0.717, 1.165) is 51.0 Å². The zero-order valence-electron chi connectivity index (χ0n) is 17.4. The monoisotopic (exact) mass is 523 g/mol. The molecule has 1 fully saturated rings. The van der Waals surface area contributed by atoms with E-state index in [-0.39, 0.29) is 17.5 Å². The van der Waals surface area contributed by atoms with Crippen molar-refractivity contribution in [3.8, 4) is 11.1 Å². The summed E-state index contributed by atoms with van der Waals surface area (Å²) in [4.78, 5) is 20.3. The van der Waals surface area contributed by atoms with E-state index in [2.05, 4.69) is 25.9 Å². The van der Waals surface area contributed by atoms with Gasteiger partial charge in [-0.25, -0.2) is 4.68 Å². The molecule has 1 unspecified atom stereocenters. The largest absolute Gasteiger partial charge is 0.394 e. The van der Waals surface area contributed by atoms with E-state index in [1.807, 2.05) is 35.1 Å². The van der Waals surface area contributed by atoms with Crippen molar-refractivity contribution in [3.63, 3.8) is 0 Å². The van der Waals surface area contributed by atoms with Gasteiger partial charge in [-0.05, 0) is 65.0 Å². The molecule has 0 amide bonds. The second kappa shape index (κ2) is 7.83. The van der Waals surface area contributed by atoms with Gasteiger partial charge >= 0.3 is 0 Å². The number of aromatic amines is 1. The second-order valence-corrected chi connectivity index (χ2v) is 9.47. The number of rotatable bonds is 2. The van der Waals surface area contributed by atoms with Crippen LogP contribution in [0.25, 0.3) is 43.8 Å². The minimum absolute atomic E-state index is 0.132. The molecule has 0 radical (unpaired) electrons. The number of H-pyrrole nitrogens is 1. The molecule has 33 heavy (non-hydrogen) atoms. The average Bonchev–Trinajstić information content (AvgIpc) is 3.29. The van der Waals surface area contributed by atoms with Crippen LogP contribution < -0.4 is 11.3 Å². The number of benzene rings is 2. The molecule has 0 bridgehead atoms. The Hall–Kier alpha value is -2.94. The molecular weight excluding hydrogens is 506 g/mol. The van der Waals surface area contributed by atoms with Crippen molar-refractivity contribution in [1.29, 1.82) is 0 Å². The van der Waals surface area contributed by atoms with Crippen LogP contribution in [-0.4, -0.2) is 26.4 Å². The zero-order valence-corrected chi connectivity index (χ0v) is 19.8. The first-order valence-corrected chi connectivity index (χ1v) is 11.9. The lowest BCUT2D eigenvalue weighted by Crippen LogP contribution is -2.18. The molecule has 6 rings (SSSR count). The van der Waals surface area contributed by atoms with Gasteiger partial charge in [-0.2, -0.15) is 5.10 Å². The third kappa shape index (κ3) is 3.24. The molecule has 0 saturated carbocycles. The number of fused-ring (bicyclic) bond motifs is 4. The molecule has 3 N–H and O–H groups in total. The van der Waals surface area contributed by atoms with Crippen LogP contribution in [0.5, 0.6) is 0 Å². The lowest BCUT2D eigenvalue weighted by molar-refractivity contribution is -0.0390. The normalized spacial score (nSPS) is 16.7. The Balaban J connectivity index is 1.69. The highest BCUT2D eigenvalue weighted by molar-refractivity contribution is 9.10. The molecule has 1 atom stereocenters. The number of hydrogen-bond donors (Lipinski definition) is 2. The maximum atomic E-state index is 12.9. The number of ether oxygens (including phenoxy) is 1. The molecule has 2 aromatic carbocycles. The van der Waals surface area contributed by atoms with Crippen LogP contribution in [0.1, 0.15) is 25.5 Å². The predicted molar refractivity (Wildman–Crippen MR) is 135 cm³/mol. The van der Waals surface area contributed by atoms with E-state index in [1.54, 1.807) is 12.3 Å². The topological polar surface area (TPSA) is 98.8 Å². The number of pyridine rings is 2. The molecule has 5 aromatic rings. The first-order valence-electron chi connectivity index (χ1n) is 10.7. The summed E-state index contributed by atoms with van der Waals surface area (Å²) in [7, 11) is 0. The summed E-state index contributed by atoms with van der Waals surface area (Å²) in [6, 6.07) is 9.41. The second-order valence-electron chi connectivity index (χ2n) is 8.21. The molecule has 166 valence electrons. The summed E-state index contributed by atoms with van der Waals surface area (Å²) >= 11 is 10.2. The Kier molecular flexibility index (Phi) is 4.90. The highest BCUT2D eigenvalue weighted by Gasteiger charge is 2.22. The van der Waals surface area contributed by atoms with Crippen molar-refractivity contribution in [2.75, 3.05) is 12.3 Å². The van der Waals surface area contributed by atoms with Crippen LogP contribution in [0.3, 0.4) is 0 Å². The van der Waals surface area contributed by atoms with Gasteiger partial charge in [-0.15, -0.1) is 0 Å². The molecule has 9 heteroatoms. The van der Waals surface area contributed by atoms with Crippen molar-refractivity contribution in [2.24, 2.45) is 0 Å². The molecule has 4 heterocycles. The Morgan fingerprint density at radius 1 is 1.18 bits per heavy atom. The minimum Gasteiger partial charge on any atom is -0.394 e. The summed E-state index contributed by atoms with van der Waals surface area (Å²) < 4.78 is 8.57. The van der Waals surface area contributed by atoms with E-state index in [1.165, 1.54) is 0 Å². The Morgan fingerprint density at radius 3 is 2.88 bits per heavy atom. The zero-order chi connectivity index (χ0) is 22.7. The van der Waals surface area contributed by atoms with Crippen molar-refractivity contribution >= 4 is 65.9 Å². The van der Waals surface area contributed by atoms with Gasteiger partial charge in [0, 0.05) is 45.2 Å². The maximum absolute atomic E-state index is 12.9. The van der Waals surface area contributed by atoms with Gasteiger partial charge in [0.05, 0.1) is 16.1 Å². The molecule has 7 nitrogen and oxygen atoms in total. The van der Waals surface area contributed by atoms with E-state index in [9.17, 15) is 4.79 Å². The number of nitrogen functional groups attached to an aromatic ring is 1. The van der Waals surface area contributed by atoms with Gasteiger partial charge in [0.15, 0.2) is 0 Å². The van der Waals surface area contributed by atoms with Gasteiger partial charge in [0.25, 0.3) is 5.56 Å². The van der Waals surface area contributed by atoms with Gasteiger partial charge < -0.3 is 15.5 Å². The van der Waals surface area contributed by atoms with E-state index < -0.39 is 0 Å². The fourth-order valence-electron chi connectivity index (χ4n) is 4.66. The standard InChI is InChI=1S/C24H19BrClN5O2/c25-16-10-14-19(20(27)24(32)29-21(14)13-4-3-8-28-22(13)16)12-6-7-17(26)23-15(12)11-31(30-23)18-5-1-2-9-33-18/h3-4,6-8,10-11,18H,1-2,5,9,27H2,(H,29,32). The SMILES string of the molecule is Nc1c(-c2ccc(Cl)c3nn(C4CCCCO4)cc23)c2cc(Br)c3ncccc3c2[nH]c1=O. The number of halogens is 2. The molecule has 3 aromatic heterocycles. The average molecular weight is 525 g/mol. The smallest absolute Gasteiger partial charge is 0.272 e. The van der Waals surface area contributed by atoms with Crippen LogP contribution in [0.15, 0.2) is 52.0 Å². The van der Waals surface area contributed by atoms with Crippen LogP contribution >= 0.6 is 27.5 Å². The van der Waals surface area contributed by atoms with Crippen molar-refractivity contribution in [2.45, 2.75) is 25.5 Å². The lowest BCUT2D eigenvalue weighted by atomic mass is 9.95. The van der Waals surface area contributed by atoms with Gasteiger partial charge in [-0.3, -0.25) is 9.78 Å². The molecule has 0 aliphatic carbocycles. The Morgan fingerprint density at radius 2 is 2.06 bits per heavy atom. The Bertz CT molecular complexity index is 1620. The molecule has 0 spiro atoms. The number of aromatic nitrogens is 4. The Labute approximate surface area is 201 Å². The van der Waals surface area contributed by atoms with E-state index >= 15 is 0 Å². The number of nitrogens with two attached hydrogens (primary N) is 1. The third-order valence-corrected chi connectivity index (χ3v) is 7.14. The predicted octanol–water partition coefficient (Wildman–Crippen LogP) is 5.79. The van der Waals surface area contributed by atoms with Gasteiger partial charge in [-0.1, -0.05) is 17.7 Å². The van der Waals surface area contributed by atoms with Crippen LogP contribution in [0.2, 0.25) is 5.02 Å². The quantitative estimate of drug-likeness (QED) is 0.285. The maximum Gasteiger partial charge on any atom is 0.272 e. The van der Waals surface area contributed by atoms with Crippen LogP contribution in [0.4, 0.5) is 5.69 Å². The number of hydrogen-bond acceptors (Lipinski definition) is 5. The number of anilines is 1.